The minimum Gasteiger partial charge on any atom is -0.352 e. The van der Waals surface area contributed by atoms with Crippen molar-refractivity contribution in [1.29, 1.82) is 0 Å². The third kappa shape index (κ3) is 3.44. The maximum absolute atomic E-state index is 11.4. The molecule has 0 unspecified atom stereocenters. The molecule has 1 aliphatic heterocycles. The van der Waals surface area contributed by atoms with Crippen LogP contribution in [0.4, 0.5) is 5.82 Å². The van der Waals surface area contributed by atoms with Crippen molar-refractivity contribution in [2.24, 2.45) is 0 Å². The number of carbonyl (C=O) groups is 1. The van der Waals surface area contributed by atoms with Crippen LogP contribution in [0.15, 0.2) is 18.6 Å². The number of halogens is 2. The van der Waals surface area contributed by atoms with E-state index in [2.05, 4.69) is 14.9 Å². The van der Waals surface area contributed by atoms with Gasteiger partial charge in [0.1, 0.15) is 11.7 Å². The lowest BCUT2D eigenvalue weighted by Gasteiger charge is -2.34. The molecule has 94 valence electrons. The fourth-order valence-electron chi connectivity index (χ4n) is 1.72. The second kappa shape index (κ2) is 6.61. The van der Waals surface area contributed by atoms with E-state index in [4.69, 9.17) is 11.6 Å². The Labute approximate surface area is 111 Å². The van der Waals surface area contributed by atoms with E-state index in [1.54, 1.807) is 23.5 Å². The largest absolute Gasteiger partial charge is 0.352 e. The van der Waals surface area contributed by atoms with Crippen LogP contribution in [0.25, 0.3) is 0 Å². The molecule has 5 nitrogen and oxygen atoms in total. The number of anilines is 1. The molecule has 0 aliphatic carbocycles. The number of alkyl halides is 1. The van der Waals surface area contributed by atoms with Gasteiger partial charge in [-0.05, 0) is 0 Å². The molecule has 0 aromatic carbocycles. The summed E-state index contributed by atoms with van der Waals surface area (Å²) >= 11 is 5.51. The highest BCUT2D eigenvalue weighted by Gasteiger charge is 2.20. The zero-order valence-electron chi connectivity index (χ0n) is 9.25. The van der Waals surface area contributed by atoms with Crippen molar-refractivity contribution in [1.82, 2.24) is 14.9 Å². The van der Waals surface area contributed by atoms with Crippen molar-refractivity contribution in [3.63, 3.8) is 0 Å². The van der Waals surface area contributed by atoms with E-state index in [0.29, 0.717) is 13.1 Å². The number of nitrogens with zero attached hydrogens (tertiary/aromatic N) is 4. The summed E-state index contributed by atoms with van der Waals surface area (Å²) in [6.45, 7) is 2.95. The van der Waals surface area contributed by atoms with Crippen LogP contribution in [0.1, 0.15) is 0 Å². The predicted molar refractivity (Wildman–Crippen MR) is 68.8 cm³/mol. The van der Waals surface area contributed by atoms with Crippen LogP contribution >= 0.6 is 24.0 Å². The van der Waals surface area contributed by atoms with Crippen LogP contribution in [-0.4, -0.2) is 52.8 Å². The molecule has 1 aromatic rings. The third-order valence-corrected chi connectivity index (χ3v) is 2.85. The average Bonchev–Trinajstić information content (AvgIpc) is 2.39. The maximum Gasteiger partial charge on any atom is 0.237 e. The molecule has 0 N–H and O–H groups in total. The van der Waals surface area contributed by atoms with Crippen LogP contribution in [0.5, 0.6) is 0 Å². The van der Waals surface area contributed by atoms with Gasteiger partial charge >= 0.3 is 0 Å². The first kappa shape index (κ1) is 14.0. The van der Waals surface area contributed by atoms with Gasteiger partial charge in [-0.2, -0.15) is 0 Å². The monoisotopic (exact) mass is 276 g/mol. The summed E-state index contributed by atoms with van der Waals surface area (Å²) in [7, 11) is 0. The Hall–Kier alpha value is -1.07. The highest BCUT2D eigenvalue weighted by molar-refractivity contribution is 6.27. The van der Waals surface area contributed by atoms with Gasteiger partial charge in [0.25, 0.3) is 0 Å². The van der Waals surface area contributed by atoms with Crippen LogP contribution < -0.4 is 4.90 Å². The first-order valence-electron chi connectivity index (χ1n) is 5.16. The minimum atomic E-state index is 0. The van der Waals surface area contributed by atoms with Gasteiger partial charge in [0.05, 0.1) is 6.20 Å². The zero-order chi connectivity index (χ0) is 11.4. The Morgan fingerprint density at radius 2 is 2.00 bits per heavy atom. The number of aromatic nitrogens is 2. The minimum absolute atomic E-state index is 0. The smallest absolute Gasteiger partial charge is 0.237 e. The fourth-order valence-corrected chi connectivity index (χ4v) is 1.89. The molecule has 1 amide bonds. The fraction of sp³-hybridized carbons (Fsp3) is 0.500. The number of rotatable bonds is 2. The zero-order valence-corrected chi connectivity index (χ0v) is 10.8. The summed E-state index contributed by atoms with van der Waals surface area (Å²) in [4.78, 5) is 23.5. The molecule has 1 aliphatic rings. The van der Waals surface area contributed by atoms with Gasteiger partial charge in [-0.1, -0.05) is 0 Å². The summed E-state index contributed by atoms with van der Waals surface area (Å²) in [6, 6.07) is 0. The van der Waals surface area contributed by atoms with E-state index in [1.165, 1.54) is 0 Å². The molecule has 1 fully saturated rings. The molecule has 0 atom stereocenters. The first-order chi connectivity index (χ1) is 7.81. The molecule has 17 heavy (non-hydrogen) atoms. The van der Waals surface area contributed by atoms with Crippen LogP contribution in [-0.2, 0) is 4.79 Å². The molecule has 0 spiro atoms. The average molecular weight is 277 g/mol. The Balaban J connectivity index is 0.00000144. The SMILES string of the molecule is Cl.O=C(CCl)N1CCN(c2cnccn2)CC1. The summed E-state index contributed by atoms with van der Waals surface area (Å²) in [5.74, 6) is 0.923. The Bertz CT molecular complexity index is 355. The van der Waals surface area contributed by atoms with Crippen LogP contribution in [0.3, 0.4) is 0 Å². The Morgan fingerprint density at radius 1 is 1.29 bits per heavy atom. The lowest BCUT2D eigenvalue weighted by atomic mass is 10.3. The van der Waals surface area contributed by atoms with Gasteiger partial charge in [-0.25, -0.2) is 4.98 Å². The van der Waals surface area contributed by atoms with Crippen molar-refractivity contribution < 1.29 is 4.79 Å². The van der Waals surface area contributed by atoms with E-state index >= 15 is 0 Å². The summed E-state index contributed by atoms with van der Waals surface area (Å²) in [6.07, 6.45) is 5.06. The molecule has 0 saturated carbocycles. The van der Waals surface area contributed by atoms with Crippen molar-refractivity contribution in [3.8, 4) is 0 Å². The van der Waals surface area contributed by atoms with E-state index in [9.17, 15) is 4.79 Å². The first-order valence-corrected chi connectivity index (χ1v) is 5.69. The lowest BCUT2D eigenvalue weighted by molar-refractivity contribution is -0.128. The summed E-state index contributed by atoms with van der Waals surface area (Å²) < 4.78 is 0. The van der Waals surface area contributed by atoms with Crippen molar-refractivity contribution in [2.75, 3.05) is 37.0 Å². The Kier molecular flexibility index (Phi) is 5.44. The number of piperazine rings is 1. The summed E-state index contributed by atoms with van der Waals surface area (Å²) in [5.41, 5.74) is 0. The normalized spacial score (nSPS) is 15.4. The van der Waals surface area contributed by atoms with E-state index in [-0.39, 0.29) is 24.2 Å². The number of hydrogen-bond donors (Lipinski definition) is 0. The highest BCUT2D eigenvalue weighted by Crippen LogP contribution is 2.11. The third-order valence-electron chi connectivity index (χ3n) is 2.62. The standard InChI is InChI=1S/C10H13ClN4O.ClH/c11-7-10(16)15-5-3-14(4-6-15)9-8-12-1-2-13-9;/h1-2,8H,3-7H2;1H. The van der Waals surface area contributed by atoms with Gasteiger partial charge in [0, 0.05) is 38.6 Å². The van der Waals surface area contributed by atoms with E-state index < -0.39 is 0 Å². The molecule has 2 rings (SSSR count). The van der Waals surface area contributed by atoms with Crippen molar-refractivity contribution in [2.45, 2.75) is 0 Å². The number of hydrogen-bond acceptors (Lipinski definition) is 4. The van der Waals surface area contributed by atoms with Gasteiger partial charge < -0.3 is 9.80 Å². The predicted octanol–water partition coefficient (Wildman–Crippen LogP) is 0.786. The molecule has 1 aromatic heterocycles. The number of carbonyl (C=O) groups excluding carboxylic acids is 1. The molecule has 0 bridgehead atoms. The van der Waals surface area contributed by atoms with Crippen molar-refractivity contribution >= 4 is 35.7 Å². The second-order valence-corrected chi connectivity index (χ2v) is 3.83. The highest BCUT2D eigenvalue weighted by atomic mass is 35.5. The lowest BCUT2D eigenvalue weighted by Crippen LogP contribution is -2.49. The quantitative estimate of drug-likeness (QED) is 0.750. The molecular weight excluding hydrogens is 263 g/mol. The topological polar surface area (TPSA) is 49.3 Å². The van der Waals surface area contributed by atoms with Gasteiger partial charge in [0.2, 0.25) is 5.91 Å². The molecular formula is C10H14Cl2N4O. The van der Waals surface area contributed by atoms with Crippen LogP contribution in [0, 0.1) is 0 Å². The van der Waals surface area contributed by atoms with Gasteiger partial charge in [-0.3, -0.25) is 9.78 Å². The van der Waals surface area contributed by atoms with E-state index in [1.807, 2.05) is 0 Å². The molecule has 2 heterocycles. The second-order valence-electron chi connectivity index (χ2n) is 3.57. The van der Waals surface area contributed by atoms with Gasteiger partial charge in [0.15, 0.2) is 0 Å². The molecule has 1 saturated heterocycles. The summed E-state index contributed by atoms with van der Waals surface area (Å²) in [5, 5.41) is 0. The molecule has 7 heteroatoms. The van der Waals surface area contributed by atoms with Crippen molar-refractivity contribution in [3.05, 3.63) is 18.6 Å². The van der Waals surface area contributed by atoms with Gasteiger partial charge in [-0.15, -0.1) is 24.0 Å². The van der Waals surface area contributed by atoms with E-state index in [0.717, 1.165) is 18.9 Å². The molecule has 0 radical (unpaired) electrons. The van der Waals surface area contributed by atoms with Crippen LogP contribution in [0.2, 0.25) is 0 Å². The number of amides is 1. The Morgan fingerprint density at radius 3 is 2.53 bits per heavy atom. The maximum atomic E-state index is 11.4.